The normalized spacial score (nSPS) is 30.3. The Hall–Kier alpha value is -0.860. The molecular formula is C23H36O2. The minimum absolute atomic E-state index is 0.0882. The molecule has 1 aromatic rings. The molecule has 1 aliphatic carbocycles. The Kier molecular flexibility index (Phi) is 7.36. The molecule has 0 spiro atoms. The van der Waals surface area contributed by atoms with Crippen molar-refractivity contribution in [3.8, 4) is 0 Å². The first-order valence-corrected chi connectivity index (χ1v) is 10.5. The molecule has 1 saturated carbocycles. The second-order valence-electron chi connectivity index (χ2n) is 8.32. The molecule has 0 unspecified atom stereocenters. The summed E-state index contributed by atoms with van der Waals surface area (Å²) in [4.78, 5) is 0. The van der Waals surface area contributed by atoms with E-state index in [1.165, 1.54) is 68.9 Å². The van der Waals surface area contributed by atoms with Crippen LogP contribution in [0.15, 0.2) is 24.3 Å². The van der Waals surface area contributed by atoms with Gasteiger partial charge in [0.1, 0.15) is 0 Å². The third-order valence-corrected chi connectivity index (χ3v) is 6.29. The third kappa shape index (κ3) is 5.82. The van der Waals surface area contributed by atoms with E-state index in [1.807, 2.05) is 0 Å². The largest absolute Gasteiger partial charge is 0.352 e. The van der Waals surface area contributed by atoms with Crippen LogP contribution in [-0.2, 0) is 15.9 Å². The average molecular weight is 345 g/mol. The van der Waals surface area contributed by atoms with E-state index in [1.54, 1.807) is 0 Å². The summed E-state index contributed by atoms with van der Waals surface area (Å²) in [6.45, 7) is 6.19. The van der Waals surface area contributed by atoms with Crippen molar-refractivity contribution in [1.29, 1.82) is 0 Å². The van der Waals surface area contributed by atoms with Gasteiger partial charge in [-0.15, -0.1) is 0 Å². The van der Waals surface area contributed by atoms with Crippen molar-refractivity contribution >= 4 is 0 Å². The molecule has 2 aliphatic rings. The van der Waals surface area contributed by atoms with Crippen LogP contribution in [0.2, 0.25) is 0 Å². The molecule has 1 aromatic carbocycles. The van der Waals surface area contributed by atoms with E-state index in [-0.39, 0.29) is 6.29 Å². The van der Waals surface area contributed by atoms with Crippen molar-refractivity contribution in [2.45, 2.75) is 77.9 Å². The molecule has 3 rings (SSSR count). The number of rotatable bonds is 7. The van der Waals surface area contributed by atoms with Crippen LogP contribution < -0.4 is 0 Å². The van der Waals surface area contributed by atoms with Crippen LogP contribution in [0.4, 0.5) is 0 Å². The van der Waals surface area contributed by atoms with Crippen molar-refractivity contribution in [2.24, 2.45) is 17.8 Å². The highest BCUT2D eigenvalue weighted by Gasteiger charge is 2.31. The van der Waals surface area contributed by atoms with Gasteiger partial charge in [0, 0.05) is 11.8 Å². The Balaban J connectivity index is 1.28. The third-order valence-electron chi connectivity index (χ3n) is 6.29. The van der Waals surface area contributed by atoms with Crippen LogP contribution in [-0.4, -0.2) is 19.5 Å². The highest BCUT2D eigenvalue weighted by molar-refractivity contribution is 5.21. The standard InChI is InChI=1S/C23H36O2/c1-3-19-16-24-23(25-17-19)22-14-12-21(13-15-22)7-5-4-6-20-10-8-18(2)9-11-20/h8-11,19,21-23H,3-7,12-17H2,1-2H3. The fourth-order valence-corrected chi connectivity index (χ4v) is 4.33. The van der Waals surface area contributed by atoms with E-state index < -0.39 is 0 Å². The molecule has 1 saturated heterocycles. The van der Waals surface area contributed by atoms with Gasteiger partial charge in [0.25, 0.3) is 0 Å². The number of benzene rings is 1. The molecular weight excluding hydrogens is 308 g/mol. The molecule has 0 amide bonds. The number of unbranched alkanes of at least 4 members (excludes halogenated alkanes) is 1. The highest BCUT2D eigenvalue weighted by Crippen LogP contribution is 2.36. The summed E-state index contributed by atoms with van der Waals surface area (Å²) in [5.74, 6) is 2.18. The Morgan fingerprint density at radius 3 is 2.20 bits per heavy atom. The second-order valence-corrected chi connectivity index (χ2v) is 8.32. The lowest BCUT2D eigenvalue weighted by Crippen LogP contribution is -2.38. The molecule has 2 nitrogen and oxygen atoms in total. The zero-order valence-electron chi connectivity index (χ0n) is 16.2. The van der Waals surface area contributed by atoms with Crippen LogP contribution in [0.25, 0.3) is 0 Å². The first-order chi connectivity index (χ1) is 12.2. The molecule has 0 N–H and O–H groups in total. The molecule has 1 heterocycles. The van der Waals surface area contributed by atoms with Gasteiger partial charge in [-0.2, -0.15) is 0 Å². The molecule has 140 valence electrons. The van der Waals surface area contributed by atoms with Gasteiger partial charge in [-0.3, -0.25) is 0 Å². The first-order valence-electron chi connectivity index (χ1n) is 10.5. The number of hydrogen-bond donors (Lipinski definition) is 0. The van der Waals surface area contributed by atoms with Crippen molar-refractivity contribution in [2.75, 3.05) is 13.2 Å². The Morgan fingerprint density at radius 1 is 0.880 bits per heavy atom. The SMILES string of the molecule is CCC1COC(C2CCC(CCCCc3ccc(C)cc3)CC2)OC1. The van der Waals surface area contributed by atoms with E-state index in [2.05, 4.69) is 38.1 Å². The lowest BCUT2D eigenvalue weighted by Gasteiger charge is -2.37. The maximum atomic E-state index is 5.99. The molecule has 2 fully saturated rings. The van der Waals surface area contributed by atoms with E-state index >= 15 is 0 Å². The van der Waals surface area contributed by atoms with Crippen LogP contribution >= 0.6 is 0 Å². The number of ether oxygens (including phenoxy) is 2. The Labute approximate surface area is 154 Å². The number of hydrogen-bond acceptors (Lipinski definition) is 2. The van der Waals surface area contributed by atoms with Crippen molar-refractivity contribution in [3.05, 3.63) is 35.4 Å². The quantitative estimate of drug-likeness (QED) is 0.572. The van der Waals surface area contributed by atoms with E-state index in [9.17, 15) is 0 Å². The Bertz CT molecular complexity index is 479. The Morgan fingerprint density at radius 2 is 1.56 bits per heavy atom. The summed E-state index contributed by atoms with van der Waals surface area (Å²) in [5.41, 5.74) is 2.85. The van der Waals surface area contributed by atoms with Crippen LogP contribution in [0.5, 0.6) is 0 Å². The van der Waals surface area contributed by atoms with Crippen LogP contribution in [0, 0.1) is 24.7 Å². The smallest absolute Gasteiger partial charge is 0.160 e. The first kappa shape index (κ1) is 18.9. The van der Waals surface area contributed by atoms with Gasteiger partial charge in [-0.05, 0) is 63.4 Å². The fraction of sp³-hybridized carbons (Fsp3) is 0.739. The van der Waals surface area contributed by atoms with Gasteiger partial charge in [-0.25, -0.2) is 0 Å². The van der Waals surface area contributed by atoms with Gasteiger partial charge in [0.05, 0.1) is 13.2 Å². The lowest BCUT2D eigenvalue weighted by atomic mass is 9.79. The predicted octanol–water partition coefficient (Wildman–Crippen LogP) is 5.91. The summed E-state index contributed by atoms with van der Waals surface area (Å²) < 4.78 is 12.0. The maximum absolute atomic E-state index is 5.99. The molecule has 1 aliphatic heterocycles. The summed E-state index contributed by atoms with van der Waals surface area (Å²) >= 11 is 0. The maximum Gasteiger partial charge on any atom is 0.160 e. The van der Waals surface area contributed by atoms with Crippen LogP contribution in [0.3, 0.4) is 0 Å². The van der Waals surface area contributed by atoms with Crippen LogP contribution in [0.1, 0.15) is 69.4 Å². The summed E-state index contributed by atoms with van der Waals surface area (Å²) in [5, 5.41) is 0. The molecule has 0 atom stereocenters. The topological polar surface area (TPSA) is 18.5 Å². The minimum atomic E-state index is 0.0882. The van der Waals surface area contributed by atoms with Gasteiger partial charge >= 0.3 is 0 Å². The minimum Gasteiger partial charge on any atom is -0.352 e. The predicted molar refractivity (Wildman–Crippen MR) is 104 cm³/mol. The summed E-state index contributed by atoms with van der Waals surface area (Å²) in [6, 6.07) is 9.03. The molecule has 0 radical (unpaired) electrons. The molecule has 0 aromatic heterocycles. The highest BCUT2D eigenvalue weighted by atomic mass is 16.7. The van der Waals surface area contributed by atoms with Gasteiger partial charge in [0.2, 0.25) is 0 Å². The second kappa shape index (κ2) is 9.73. The molecule has 0 bridgehead atoms. The van der Waals surface area contributed by atoms with Gasteiger partial charge < -0.3 is 9.47 Å². The molecule has 2 heteroatoms. The monoisotopic (exact) mass is 344 g/mol. The summed E-state index contributed by atoms with van der Waals surface area (Å²) in [7, 11) is 0. The van der Waals surface area contributed by atoms with E-state index in [0.29, 0.717) is 11.8 Å². The van der Waals surface area contributed by atoms with E-state index in [4.69, 9.17) is 9.47 Å². The van der Waals surface area contributed by atoms with Crippen molar-refractivity contribution in [1.82, 2.24) is 0 Å². The fourth-order valence-electron chi connectivity index (χ4n) is 4.33. The van der Waals surface area contributed by atoms with Crippen molar-refractivity contribution < 1.29 is 9.47 Å². The van der Waals surface area contributed by atoms with Gasteiger partial charge in [0.15, 0.2) is 6.29 Å². The van der Waals surface area contributed by atoms with Crippen molar-refractivity contribution in [3.63, 3.8) is 0 Å². The molecule has 25 heavy (non-hydrogen) atoms. The average Bonchev–Trinajstić information content (AvgIpc) is 2.67. The van der Waals surface area contributed by atoms with E-state index in [0.717, 1.165) is 19.1 Å². The zero-order chi connectivity index (χ0) is 17.5. The zero-order valence-corrected chi connectivity index (χ0v) is 16.2. The number of aryl methyl sites for hydroxylation is 2. The van der Waals surface area contributed by atoms with Gasteiger partial charge in [-0.1, -0.05) is 49.6 Å². The summed E-state index contributed by atoms with van der Waals surface area (Å²) in [6.07, 6.45) is 11.9. The lowest BCUT2D eigenvalue weighted by molar-refractivity contribution is -0.229.